The van der Waals surface area contributed by atoms with E-state index in [4.69, 9.17) is 4.74 Å². The highest BCUT2D eigenvalue weighted by molar-refractivity contribution is 5.76. The Bertz CT molecular complexity index is 681. The molecule has 0 unspecified atom stereocenters. The van der Waals surface area contributed by atoms with E-state index in [0.717, 1.165) is 36.6 Å². The topological polar surface area (TPSA) is 52.1 Å². The van der Waals surface area contributed by atoms with Crippen LogP contribution in [0.1, 0.15) is 61.0 Å². The fraction of sp³-hybridized carbons (Fsp3) is 0.476. The van der Waals surface area contributed by atoms with E-state index in [1.54, 1.807) is 18.3 Å². The van der Waals surface area contributed by atoms with Gasteiger partial charge in [-0.25, -0.2) is 4.98 Å². The second-order valence-corrected chi connectivity index (χ2v) is 6.81. The Hall–Kier alpha value is -2.07. The molecule has 1 aliphatic carbocycles. The van der Waals surface area contributed by atoms with Gasteiger partial charge in [-0.2, -0.15) is 0 Å². The summed E-state index contributed by atoms with van der Waals surface area (Å²) >= 11 is 0. The molecule has 1 fully saturated rings. The van der Waals surface area contributed by atoms with Crippen LogP contribution in [0.2, 0.25) is 0 Å². The van der Waals surface area contributed by atoms with E-state index in [0.29, 0.717) is 17.9 Å². The summed E-state index contributed by atoms with van der Waals surface area (Å²) in [6.07, 6.45) is 11.9. The van der Waals surface area contributed by atoms with Crippen LogP contribution in [0.4, 0.5) is 0 Å². The van der Waals surface area contributed by atoms with E-state index >= 15 is 0 Å². The van der Waals surface area contributed by atoms with Crippen molar-refractivity contribution in [1.82, 2.24) is 9.97 Å². The zero-order valence-electron chi connectivity index (χ0n) is 14.7. The molecule has 4 heteroatoms. The van der Waals surface area contributed by atoms with E-state index in [-0.39, 0.29) is 0 Å². The molecule has 0 bridgehead atoms. The smallest absolute Gasteiger partial charge is 0.150 e. The van der Waals surface area contributed by atoms with Gasteiger partial charge in [0.05, 0.1) is 23.7 Å². The summed E-state index contributed by atoms with van der Waals surface area (Å²) in [7, 11) is 0. The SMILES string of the molecule is O=Cc1ccnc(-c2cccc(COCCCC3CCCCC3)n2)c1. The van der Waals surface area contributed by atoms with Crippen molar-refractivity contribution < 1.29 is 9.53 Å². The monoisotopic (exact) mass is 338 g/mol. The number of hydrogen-bond acceptors (Lipinski definition) is 4. The molecule has 0 N–H and O–H groups in total. The first-order chi connectivity index (χ1) is 12.3. The van der Waals surface area contributed by atoms with Crippen molar-refractivity contribution in [3.05, 3.63) is 47.8 Å². The van der Waals surface area contributed by atoms with E-state index < -0.39 is 0 Å². The Balaban J connectivity index is 1.47. The number of ether oxygens (including phenoxy) is 1. The van der Waals surface area contributed by atoms with E-state index in [1.807, 2.05) is 18.2 Å². The van der Waals surface area contributed by atoms with Crippen LogP contribution < -0.4 is 0 Å². The van der Waals surface area contributed by atoms with Crippen molar-refractivity contribution in [3.8, 4) is 11.4 Å². The number of aldehydes is 1. The number of pyridine rings is 2. The van der Waals surface area contributed by atoms with Gasteiger partial charge in [-0.3, -0.25) is 9.78 Å². The fourth-order valence-corrected chi connectivity index (χ4v) is 3.49. The normalized spacial score (nSPS) is 15.2. The summed E-state index contributed by atoms with van der Waals surface area (Å²) in [4.78, 5) is 19.8. The molecule has 0 saturated heterocycles. The largest absolute Gasteiger partial charge is 0.375 e. The third-order valence-electron chi connectivity index (χ3n) is 4.87. The Morgan fingerprint density at radius 1 is 1.12 bits per heavy atom. The molecule has 2 aromatic rings. The summed E-state index contributed by atoms with van der Waals surface area (Å²) in [5.41, 5.74) is 2.99. The average Bonchev–Trinajstić information content (AvgIpc) is 2.69. The van der Waals surface area contributed by atoms with Gasteiger partial charge >= 0.3 is 0 Å². The van der Waals surface area contributed by atoms with Gasteiger partial charge in [0.2, 0.25) is 0 Å². The number of nitrogens with zero attached hydrogens (tertiary/aromatic N) is 2. The van der Waals surface area contributed by atoms with E-state index in [2.05, 4.69) is 9.97 Å². The summed E-state index contributed by atoms with van der Waals surface area (Å²) in [5.74, 6) is 0.912. The molecule has 2 heterocycles. The van der Waals surface area contributed by atoms with Crippen LogP contribution in [-0.2, 0) is 11.3 Å². The van der Waals surface area contributed by atoms with Gasteiger partial charge in [0, 0.05) is 18.4 Å². The highest BCUT2D eigenvalue weighted by atomic mass is 16.5. The average molecular weight is 338 g/mol. The van der Waals surface area contributed by atoms with Gasteiger partial charge < -0.3 is 4.74 Å². The fourth-order valence-electron chi connectivity index (χ4n) is 3.49. The van der Waals surface area contributed by atoms with Crippen molar-refractivity contribution in [2.45, 2.75) is 51.6 Å². The van der Waals surface area contributed by atoms with Crippen molar-refractivity contribution in [2.75, 3.05) is 6.61 Å². The minimum Gasteiger partial charge on any atom is -0.375 e. The Kier molecular flexibility index (Phi) is 6.69. The van der Waals surface area contributed by atoms with Crippen LogP contribution in [-0.4, -0.2) is 22.9 Å². The molecule has 0 spiro atoms. The summed E-state index contributed by atoms with van der Waals surface area (Å²) < 4.78 is 5.81. The standard InChI is InChI=1S/C21H26N2O2/c24-15-18-11-12-22-21(14-18)20-10-4-9-19(23-20)16-25-13-5-8-17-6-2-1-3-7-17/h4,9-12,14-15,17H,1-3,5-8,13,16H2. The maximum absolute atomic E-state index is 10.9. The minimum absolute atomic E-state index is 0.520. The number of carbonyl (C=O) groups is 1. The van der Waals surface area contributed by atoms with Gasteiger partial charge in [-0.1, -0.05) is 38.2 Å². The van der Waals surface area contributed by atoms with Gasteiger partial charge in [0.1, 0.15) is 6.29 Å². The molecule has 0 aromatic carbocycles. The maximum atomic E-state index is 10.9. The first-order valence-corrected chi connectivity index (χ1v) is 9.30. The third-order valence-corrected chi connectivity index (χ3v) is 4.87. The van der Waals surface area contributed by atoms with Crippen LogP contribution in [0.5, 0.6) is 0 Å². The molecule has 132 valence electrons. The molecule has 3 rings (SSSR count). The highest BCUT2D eigenvalue weighted by Crippen LogP contribution is 2.27. The lowest BCUT2D eigenvalue weighted by atomic mass is 9.86. The molecule has 0 radical (unpaired) electrons. The predicted molar refractivity (Wildman–Crippen MR) is 98.3 cm³/mol. The van der Waals surface area contributed by atoms with Gasteiger partial charge in [0.15, 0.2) is 0 Å². The van der Waals surface area contributed by atoms with Gasteiger partial charge in [-0.05, 0) is 43.0 Å². The molecule has 25 heavy (non-hydrogen) atoms. The van der Waals surface area contributed by atoms with Crippen LogP contribution in [0.15, 0.2) is 36.5 Å². The molecular formula is C21H26N2O2. The summed E-state index contributed by atoms with van der Waals surface area (Å²) in [6, 6.07) is 9.27. The second kappa shape index (κ2) is 9.42. The van der Waals surface area contributed by atoms with E-state index in [9.17, 15) is 4.79 Å². The summed E-state index contributed by atoms with van der Waals surface area (Å²) in [5, 5.41) is 0. The lowest BCUT2D eigenvalue weighted by Gasteiger charge is -2.21. The van der Waals surface area contributed by atoms with Crippen LogP contribution in [0.3, 0.4) is 0 Å². The van der Waals surface area contributed by atoms with Crippen molar-refractivity contribution in [1.29, 1.82) is 0 Å². The van der Waals surface area contributed by atoms with Gasteiger partial charge in [-0.15, -0.1) is 0 Å². The Morgan fingerprint density at radius 2 is 2.00 bits per heavy atom. The number of hydrogen-bond donors (Lipinski definition) is 0. The molecule has 4 nitrogen and oxygen atoms in total. The number of carbonyl (C=O) groups excluding carboxylic acids is 1. The number of rotatable bonds is 8. The lowest BCUT2D eigenvalue weighted by molar-refractivity contribution is 0.109. The Morgan fingerprint density at radius 3 is 2.84 bits per heavy atom. The van der Waals surface area contributed by atoms with Crippen molar-refractivity contribution in [2.24, 2.45) is 5.92 Å². The quantitative estimate of drug-likeness (QED) is 0.511. The molecule has 1 saturated carbocycles. The predicted octanol–water partition coefficient (Wildman–Crippen LogP) is 4.83. The molecule has 0 atom stereocenters. The van der Waals surface area contributed by atoms with Crippen LogP contribution in [0.25, 0.3) is 11.4 Å². The zero-order valence-corrected chi connectivity index (χ0v) is 14.7. The minimum atomic E-state index is 0.520. The first-order valence-electron chi connectivity index (χ1n) is 9.30. The third kappa shape index (κ3) is 5.46. The molecule has 0 aliphatic heterocycles. The number of aromatic nitrogens is 2. The molecular weight excluding hydrogens is 312 g/mol. The molecule has 0 amide bonds. The molecule has 2 aromatic heterocycles. The van der Waals surface area contributed by atoms with Gasteiger partial charge in [0.25, 0.3) is 0 Å². The maximum Gasteiger partial charge on any atom is 0.150 e. The van der Waals surface area contributed by atoms with Crippen LogP contribution >= 0.6 is 0 Å². The highest BCUT2D eigenvalue weighted by Gasteiger charge is 2.12. The van der Waals surface area contributed by atoms with Crippen LogP contribution in [0, 0.1) is 5.92 Å². The van der Waals surface area contributed by atoms with Crippen molar-refractivity contribution >= 4 is 6.29 Å². The Labute approximate surface area is 149 Å². The zero-order chi connectivity index (χ0) is 17.3. The van der Waals surface area contributed by atoms with E-state index in [1.165, 1.54) is 38.5 Å². The van der Waals surface area contributed by atoms with Crippen molar-refractivity contribution in [3.63, 3.8) is 0 Å². The first kappa shape index (κ1) is 17.7. The summed E-state index contributed by atoms with van der Waals surface area (Å²) in [6.45, 7) is 1.31. The lowest BCUT2D eigenvalue weighted by Crippen LogP contribution is -2.07. The molecule has 1 aliphatic rings. The second-order valence-electron chi connectivity index (χ2n) is 6.81.